The number of hydrogen-bond acceptors (Lipinski definition) is 3. The van der Waals surface area contributed by atoms with E-state index in [2.05, 4.69) is 31.1 Å². The summed E-state index contributed by atoms with van der Waals surface area (Å²) in [5, 5.41) is 4.68. The van der Waals surface area contributed by atoms with Crippen LogP contribution in [0.4, 0.5) is 16.2 Å². The first-order valence-corrected chi connectivity index (χ1v) is 9.83. The molecule has 2 aromatic rings. The Labute approximate surface area is 167 Å². The minimum Gasteiger partial charge on any atom is -0.307 e. The number of nitrogens with zero attached hydrogens (tertiary/aromatic N) is 2. The first kappa shape index (κ1) is 19.1. The lowest BCUT2D eigenvalue weighted by atomic mass is 10.1. The van der Waals surface area contributed by atoms with Crippen LogP contribution in [-0.4, -0.2) is 27.9 Å². The third kappa shape index (κ3) is 4.34. The molecule has 26 heavy (non-hydrogen) atoms. The van der Waals surface area contributed by atoms with Crippen LogP contribution in [0, 0.1) is 13.8 Å². The van der Waals surface area contributed by atoms with Crippen molar-refractivity contribution in [2.45, 2.75) is 26.0 Å². The molecule has 0 bridgehead atoms. The van der Waals surface area contributed by atoms with Crippen molar-refractivity contribution in [1.82, 2.24) is 4.90 Å². The van der Waals surface area contributed by atoms with Gasteiger partial charge >= 0.3 is 6.03 Å². The Morgan fingerprint density at radius 2 is 1.92 bits per heavy atom. The number of rotatable bonds is 2. The highest BCUT2D eigenvalue weighted by Crippen LogP contribution is 2.30. The van der Waals surface area contributed by atoms with Crippen molar-refractivity contribution in [2.75, 3.05) is 11.9 Å². The summed E-state index contributed by atoms with van der Waals surface area (Å²) in [5.74, 6) is 0. The number of carbonyl (C=O) groups excluding carboxylic acids is 1. The molecule has 1 aliphatic heterocycles. The Morgan fingerprint density at radius 3 is 2.62 bits per heavy atom. The lowest BCUT2D eigenvalue weighted by Gasteiger charge is -2.17. The molecule has 1 unspecified atom stereocenters. The molecule has 1 aliphatic rings. The SMILES string of the molecule is Cc1ccc(N=C2SC(C)CN2C(=O)Nc2ccc(Cl)c(Cl)c2)cc1C. The number of carbonyl (C=O) groups is 1. The first-order chi connectivity index (χ1) is 12.3. The summed E-state index contributed by atoms with van der Waals surface area (Å²) in [6, 6.07) is 10.8. The predicted molar refractivity (Wildman–Crippen MR) is 112 cm³/mol. The van der Waals surface area contributed by atoms with E-state index in [4.69, 9.17) is 23.2 Å². The smallest absolute Gasteiger partial charge is 0.307 e. The fourth-order valence-corrected chi connectivity index (χ4v) is 3.87. The molecule has 0 aliphatic carbocycles. The van der Waals surface area contributed by atoms with E-state index in [9.17, 15) is 4.79 Å². The largest absolute Gasteiger partial charge is 0.327 e. The molecule has 136 valence electrons. The van der Waals surface area contributed by atoms with E-state index >= 15 is 0 Å². The van der Waals surface area contributed by atoms with Crippen molar-refractivity contribution < 1.29 is 4.79 Å². The fourth-order valence-electron chi connectivity index (χ4n) is 2.54. The highest BCUT2D eigenvalue weighted by molar-refractivity contribution is 8.14. The molecule has 1 N–H and O–H groups in total. The molecule has 1 saturated heterocycles. The second-order valence-electron chi connectivity index (χ2n) is 6.26. The summed E-state index contributed by atoms with van der Waals surface area (Å²) in [6.07, 6.45) is 0. The maximum Gasteiger partial charge on any atom is 0.327 e. The summed E-state index contributed by atoms with van der Waals surface area (Å²) in [4.78, 5) is 19.1. The van der Waals surface area contributed by atoms with Crippen molar-refractivity contribution in [3.8, 4) is 0 Å². The van der Waals surface area contributed by atoms with Crippen LogP contribution in [0.3, 0.4) is 0 Å². The number of aryl methyl sites for hydroxylation is 2. The van der Waals surface area contributed by atoms with Crippen LogP contribution in [0.1, 0.15) is 18.1 Å². The average Bonchev–Trinajstić information content (AvgIpc) is 2.95. The Kier molecular flexibility index (Phi) is 5.80. The van der Waals surface area contributed by atoms with Gasteiger partial charge < -0.3 is 5.32 Å². The van der Waals surface area contributed by atoms with Crippen LogP contribution in [0.25, 0.3) is 0 Å². The molecule has 4 nitrogen and oxygen atoms in total. The number of anilines is 1. The first-order valence-electron chi connectivity index (χ1n) is 8.19. The van der Waals surface area contributed by atoms with Crippen molar-refractivity contribution in [3.05, 3.63) is 57.6 Å². The van der Waals surface area contributed by atoms with Gasteiger partial charge in [-0.1, -0.05) is 48.0 Å². The van der Waals surface area contributed by atoms with Crippen molar-refractivity contribution in [3.63, 3.8) is 0 Å². The monoisotopic (exact) mass is 407 g/mol. The molecule has 1 fully saturated rings. The van der Waals surface area contributed by atoms with Gasteiger partial charge in [-0.25, -0.2) is 9.79 Å². The number of halogens is 2. The summed E-state index contributed by atoms with van der Waals surface area (Å²) >= 11 is 13.5. The van der Waals surface area contributed by atoms with Gasteiger partial charge in [0.05, 0.1) is 15.7 Å². The van der Waals surface area contributed by atoms with Crippen LogP contribution in [0.5, 0.6) is 0 Å². The molecule has 3 rings (SSSR count). The highest BCUT2D eigenvalue weighted by atomic mass is 35.5. The maximum atomic E-state index is 12.7. The Balaban J connectivity index is 1.82. The zero-order valence-corrected chi connectivity index (χ0v) is 17.0. The van der Waals surface area contributed by atoms with Crippen LogP contribution >= 0.6 is 35.0 Å². The van der Waals surface area contributed by atoms with E-state index < -0.39 is 0 Å². The second-order valence-corrected chi connectivity index (χ2v) is 8.48. The molecule has 2 amide bonds. The molecule has 2 aromatic carbocycles. The average molecular weight is 408 g/mol. The molecule has 1 atom stereocenters. The molecular formula is C19H19Cl2N3OS. The van der Waals surface area contributed by atoms with Gasteiger partial charge in [0.25, 0.3) is 0 Å². The number of benzene rings is 2. The van der Waals surface area contributed by atoms with Gasteiger partial charge in [-0.05, 0) is 55.3 Å². The van der Waals surface area contributed by atoms with E-state index in [1.807, 2.05) is 18.2 Å². The van der Waals surface area contributed by atoms with Gasteiger partial charge in [0, 0.05) is 17.5 Å². The summed E-state index contributed by atoms with van der Waals surface area (Å²) < 4.78 is 0. The number of aliphatic imine (C=N–C) groups is 1. The van der Waals surface area contributed by atoms with Gasteiger partial charge in [-0.3, -0.25) is 4.90 Å². The van der Waals surface area contributed by atoms with E-state index in [1.54, 1.807) is 34.9 Å². The number of amidine groups is 1. The molecule has 0 spiro atoms. The van der Waals surface area contributed by atoms with Gasteiger partial charge in [0.15, 0.2) is 5.17 Å². The van der Waals surface area contributed by atoms with E-state index in [-0.39, 0.29) is 11.3 Å². The third-order valence-corrected chi connectivity index (χ3v) is 5.92. The van der Waals surface area contributed by atoms with Crippen LogP contribution in [0.15, 0.2) is 41.4 Å². The topological polar surface area (TPSA) is 44.7 Å². The van der Waals surface area contributed by atoms with Crippen LogP contribution in [-0.2, 0) is 0 Å². The number of thioether (sulfide) groups is 1. The van der Waals surface area contributed by atoms with Gasteiger partial charge in [-0.2, -0.15) is 0 Å². The van der Waals surface area contributed by atoms with Crippen molar-refractivity contribution >= 4 is 57.5 Å². The standard InChI is InChI=1S/C19H19Cl2N3OS/c1-11-4-5-14(8-12(11)2)23-19-24(10-13(3)26-19)18(25)22-15-6-7-16(20)17(21)9-15/h4-9,13H,10H2,1-3H3,(H,22,25). The Morgan fingerprint density at radius 1 is 1.15 bits per heavy atom. The van der Waals surface area contributed by atoms with Gasteiger partial charge in [-0.15, -0.1) is 0 Å². The molecule has 7 heteroatoms. The third-order valence-electron chi connectivity index (χ3n) is 4.11. The van der Waals surface area contributed by atoms with Gasteiger partial charge in [0.2, 0.25) is 0 Å². The van der Waals surface area contributed by atoms with Gasteiger partial charge in [0.1, 0.15) is 0 Å². The van der Waals surface area contributed by atoms with Crippen molar-refractivity contribution in [2.24, 2.45) is 4.99 Å². The number of amides is 2. The van der Waals surface area contributed by atoms with E-state index in [1.165, 1.54) is 11.1 Å². The minimum absolute atomic E-state index is 0.233. The molecular weight excluding hydrogens is 389 g/mol. The lowest BCUT2D eigenvalue weighted by molar-refractivity contribution is 0.235. The lowest BCUT2D eigenvalue weighted by Crippen LogP contribution is -2.36. The minimum atomic E-state index is -0.233. The summed E-state index contributed by atoms with van der Waals surface area (Å²) in [6.45, 7) is 6.79. The number of urea groups is 1. The number of hydrogen-bond donors (Lipinski definition) is 1. The molecule has 0 aromatic heterocycles. The Bertz CT molecular complexity index is 885. The Hall–Kier alpha value is -1.69. The summed E-state index contributed by atoms with van der Waals surface area (Å²) in [7, 11) is 0. The van der Waals surface area contributed by atoms with E-state index in [0.717, 1.165) is 5.69 Å². The zero-order valence-electron chi connectivity index (χ0n) is 14.7. The van der Waals surface area contributed by atoms with Crippen molar-refractivity contribution in [1.29, 1.82) is 0 Å². The normalized spacial score (nSPS) is 18.4. The quantitative estimate of drug-likeness (QED) is 0.637. The highest BCUT2D eigenvalue weighted by Gasteiger charge is 2.31. The zero-order chi connectivity index (χ0) is 18.8. The maximum absolute atomic E-state index is 12.7. The second kappa shape index (κ2) is 7.91. The van der Waals surface area contributed by atoms with Crippen LogP contribution < -0.4 is 5.32 Å². The van der Waals surface area contributed by atoms with E-state index in [0.29, 0.717) is 27.4 Å². The molecule has 0 radical (unpaired) electrons. The molecule has 1 heterocycles. The predicted octanol–water partition coefficient (Wildman–Crippen LogP) is 6.27. The number of nitrogens with one attached hydrogen (secondary N) is 1. The summed E-state index contributed by atoms with van der Waals surface area (Å²) in [5.41, 5.74) is 3.84. The van der Waals surface area contributed by atoms with Crippen LogP contribution in [0.2, 0.25) is 10.0 Å². The molecule has 0 saturated carbocycles. The fraction of sp³-hybridized carbons (Fsp3) is 0.263.